The number of pyridine rings is 1. The van der Waals surface area contributed by atoms with Crippen LogP contribution in [-0.4, -0.2) is 65.6 Å². The molecule has 40 heavy (non-hydrogen) atoms. The zero-order valence-corrected chi connectivity index (χ0v) is 22.2. The molecule has 5 N–H and O–H groups in total. The first-order valence-corrected chi connectivity index (χ1v) is 13.3. The van der Waals surface area contributed by atoms with Crippen LogP contribution in [0, 0.1) is 0 Å². The van der Waals surface area contributed by atoms with Crippen LogP contribution in [0.1, 0.15) is 5.56 Å². The summed E-state index contributed by atoms with van der Waals surface area (Å²) in [4.78, 5) is 41.1. The molecule has 0 atom stereocenters. The highest BCUT2D eigenvalue weighted by atomic mass is 16.5. The molecule has 5 aromatic rings. The summed E-state index contributed by atoms with van der Waals surface area (Å²) in [6.07, 6.45) is 0. The standard InChI is InChI=1S/C30H31N7O3/c1-36-11-13-37(14-12-36)21-8-10-24-25(16-21)34-29(33-24)27-28(31)22-15-20(7-9-23(22)35-30(27)39)32-26(38)18-40-17-19-5-3-2-4-6-19/h2-10,15-16H,11-14,17-18H2,1H3,(H,32,38)(H,33,34)(H3,31,35,39). The van der Waals surface area contributed by atoms with E-state index in [9.17, 15) is 9.59 Å². The smallest absolute Gasteiger partial charge is 0.261 e. The van der Waals surface area contributed by atoms with Crippen molar-refractivity contribution in [2.45, 2.75) is 6.61 Å². The van der Waals surface area contributed by atoms with Gasteiger partial charge in [-0.25, -0.2) is 4.98 Å². The van der Waals surface area contributed by atoms with Crippen LogP contribution >= 0.6 is 0 Å². The molecule has 10 heteroatoms. The quantitative estimate of drug-likeness (QED) is 0.250. The lowest BCUT2D eigenvalue weighted by Gasteiger charge is -2.34. The van der Waals surface area contributed by atoms with Crippen molar-refractivity contribution in [1.29, 1.82) is 0 Å². The maximum atomic E-state index is 13.1. The molecule has 6 rings (SSSR count). The first-order chi connectivity index (χ1) is 19.4. The Morgan fingerprint density at radius 1 is 1.00 bits per heavy atom. The number of anilines is 3. The number of ether oxygens (including phenoxy) is 1. The number of piperazine rings is 1. The molecule has 1 aliphatic rings. The van der Waals surface area contributed by atoms with Crippen LogP contribution in [0.5, 0.6) is 0 Å². The predicted molar refractivity (Wildman–Crippen MR) is 159 cm³/mol. The van der Waals surface area contributed by atoms with E-state index in [-0.39, 0.29) is 29.3 Å². The van der Waals surface area contributed by atoms with Gasteiger partial charge in [0.15, 0.2) is 0 Å². The highest BCUT2D eigenvalue weighted by molar-refractivity contribution is 6.01. The van der Waals surface area contributed by atoms with Crippen molar-refractivity contribution >= 4 is 44.9 Å². The van der Waals surface area contributed by atoms with Crippen LogP contribution in [0.3, 0.4) is 0 Å². The molecule has 0 saturated carbocycles. The minimum Gasteiger partial charge on any atom is -0.397 e. The van der Waals surface area contributed by atoms with E-state index in [0.29, 0.717) is 29.0 Å². The normalized spacial score (nSPS) is 14.2. The maximum absolute atomic E-state index is 13.1. The minimum atomic E-state index is -0.338. The number of nitrogens with zero attached hydrogens (tertiary/aromatic N) is 3. The summed E-state index contributed by atoms with van der Waals surface area (Å²) in [7, 11) is 2.13. The molecule has 3 heterocycles. The maximum Gasteiger partial charge on any atom is 0.261 e. The minimum absolute atomic E-state index is 0.0889. The van der Waals surface area contributed by atoms with Gasteiger partial charge >= 0.3 is 0 Å². The summed E-state index contributed by atoms with van der Waals surface area (Å²) in [5, 5.41) is 3.45. The van der Waals surface area contributed by atoms with Gasteiger partial charge in [0.05, 0.1) is 28.8 Å². The zero-order valence-electron chi connectivity index (χ0n) is 22.2. The van der Waals surface area contributed by atoms with Crippen LogP contribution in [0.4, 0.5) is 17.1 Å². The molecule has 0 spiro atoms. The molecule has 1 saturated heterocycles. The second-order valence-electron chi connectivity index (χ2n) is 10.1. The molecule has 2 aromatic heterocycles. The lowest BCUT2D eigenvalue weighted by molar-refractivity contribution is -0.121. The van der Waals surface area contributed by atoms with Gasteiger partial charge in [0.2, 0.25) is 5.91 Å². The van der Waals surface area contributed by atoms with E-state index in [1.165, 1.54) is 0 Å². The van der Waals surface area contributed by atoms with E-state index in [1.54, 1.807) is 18.2 Å². The Labute approximate surface area is 230 Å². The highest BCUT2D eigenvalue weighted by Gasteiger charge is 2.19. The SMILES string of the molecule is CN1CCN(c2ccc3nc(-c4c(N)c5cc(NC(=O)COCc6ccccc6)ccc5[nH]c4=O)[nH]c3c2)CC1. The molecule has 204 valence electrons. The monoisotopic (exact) mass is 537 g/mol. The van der Waals surface area contributed by atoms with Gasteiger partial charge < -0.3 is 35.6 Å². The predicted octanol–water partition coefficient (Wildman–Crippen LogP) is 3.56. The lowest BCUT2D eigenvalue weighted by atomic mass is 10.1. The fraction of sp³-hybridized carbons (Fsp3) is 0.233. The number of imidazole rings is 1. The first kappa shape index (κ1) is 25.6. The van der Waals surface area contributed by atoms with Gasteiger partial charge in [0.1, 0.15) is 18.0 Å². The molecule has 0 bridgehead atoms. The van der Waals surface area contributed by atoms with E-state index in [1.807, 2.05) is 36.4 Å². The third-order valence-corrected chi connectivity index (χ3v) is 7.25. The molecule has 3 aromatic carbocycles. The molecule has 1 amide bonds. The number of hydrogen-bond acceptors (Lipinski definition) is 7. The van der Waals surface area contributed by atoms with Gasteiger partial charge in [-0.3, -0.25) is 9.59 Å². The van der Waals surface area contributed by atoms with Gasteiger partial charge in [0, 0.05) is 42.9 Å². The molecule has 0 unspecified atom stereocenters. The Morgan fingerprint density at radius 2 is 1.80 bits per heavy atom. The number of aromatic amines is 2. The topological polar surface area (TPSA) is 132 Å². The Hall–Kier alpha value is -4.67. The number of fused-ring (bicyclic) bond motifs is 2. The molecule has 0 aliphatic carbocycles. The second kappa shape index (κ2) is 10.8. The van der Waals surface area contributed by atoms with Crippen LogP contribution in [0.25, 0.3) is 33.3 Å². The van der Waals surface area contributed by atoms with Gasteiger partial charge in [-0.1, -0.05) is 30.3 Å². The van der Waals surface area contributed by atoms with E-state index in [4.69, 9.17) is 10.5 Å². The number of nitrogen functional groups attached to an aromatic ring is 1. The summed E-state index contributed by atoms with van der Waals surface area (Å²) in [6, 6.07) is 20.9. The average Bonchev–Trinajstić information content (AvgIpc) is 3.37. The van der Waals surface area contributed by atoms with E-state index >= 15 is 0 Å². The number of hydrogen-bond donors (Lipinski definition) is 4. The zero-order chi connectivity index (χ0) is 27.6. The van der Waals surface area contributed by atoms with Crippen molar-refractivity contribution in [3.8, 4) is 11.4 Å². The van der Waals surface area contributed by atoms with Gasteiger partial charge in [-0.2, -0.15) is 0 Å². The summed E-state index contributed by atoms with van der Waals surface area (Å²) < 4.78 is 5.54. The summed E-state index contributed by atoms with van der Waals surface area (Å²) in [5.74, 6) is 0.113. The Kier molecular flexibility index (Phi) is 6.93. The number of amides is 1. The van der Waals surface area contributed by atoms with Gasteiger partial charge in [-0.15, -0.1) is 0 Å². The first-order valence-electron chi connectivity index (χ1n) is 13.3. The number of nitrogens with one attached hydrogen (secondary N) is 3. The van der Waals surface area contributed by atoms with Gasteiger partial charge in [0.25, 0.3) is 5.56 Å². The molecule has 0 radical (unpaired) electrons. The molecule has 10 nitrogen and oxygen atoms in total. The number of rotatable bonds is 7. The number of aromatic nitrogens is 3. The van der Waals surface area contributed by atoms with E-state index in [2.05, 4.69) is 49.2 Å². The Balaban J connectivity index is 1.23. The summed E-state index contributed by atoms with van der Waals surface area (Å²) >= 11 is 0. The largest absolute Gasteiger partial charge is 0.397 e. The number of nitrogens with two attached hydrogens (primary N) is 1. The van der Waals surface area contributed by atoms with Crippen molar-refractivity contribution in [3.63, 3.8) is 0 Å². The van der Waals surface area contributed by atoms with Crippen molar-refractivity contribution < 1.29 is 9.53 Å². The fourth-order valence-electron chi connectivity index (χ4n) is 5.04. The second-order valence-corrected chi connectivity index (χ2v) is 10.1. The summed E-state index contributed by atoms with van der Waals surface area (Å²) in [6.45, 7) is 4.19. The van der Waals surface area contributed by atoms with Crippen LogP contribution in [-0.2, 0) is 16.1 Å². The fourth-order valence-corrected chi connectivity index (χ4v) is 5.04. The highest BCUT2D eigenvalue weighted by Crippen LogP contribution is 2.31. The molecule has 1 fully saturated rings. The number of carbonyl (C=O) groups is 1. The third-order valence-electron chi connectivity index (χ3n) is 7.25. The van der Waals surface area contributed by atoms with Crippen molar-refractivity contribution in [1.82, 2.24) is 19.9 Å². The molecular weight excluding hydrogens is 506 g/mol. The van der Waals surface area contributed by atoms with E-state index < -0.39 is 0 Å². The number of likely N-dealkylation sites (N-methyl/N-ethyl adjacent to an activating group) is 1. The van der Waals surface area contributed by atoms with E-state index in [0.717, 1.165) is 48.5 Å². The lowest BCUT2D eigenvalue weighted by Crippen LogP contribution is -2.44. The van der Waals surface area contributed by atoms with Crippen molar-refractivity contribution in [3.05, 3.63) is 82.6 Å². The molecular formula is C30H31N7O3. The Bertz CT molecular complexity index is 1740. The third kappa shape index (κ3) is 5.27. The van der Waals surface area contributed by atoms with Crippen LogP contribution < -0.4 is 21.5 Å². The summed E-state index contributed by atoms with van der Waals surface area (Å²) in [5.41, 5.74) is 11.6. The number of carbonyl (C=O) groups excluding carboxylic acids is 1. The number of benzene rings is 3. The van der Waals surface area contributed by atoms with Crippen molar-refractivity contribution in [2.24, 2.45) is 0 Å². The number of H-pyrrole nitrogens is 2. The van der Waals surface area contributed by atoms with Crippen LogP contribution in [0.2, 0.25) is 0 Å². The van der Waals surface area contributed by atoms with Crippen molar-refractivity contribution in [2.75, 3.05) is 55.8 Å². The van der Waals surface area contributed by atoms with Gasteiger partial charge in [-0.05, 0) is 49.0 Å². The molecule has 1 aliphatic heterocycles. The average molecular weight is 538 g/mol. The Morgan fingerprint density at radius 3 is 2.60 bits per heavy atom. The van der Waals surface area contributed by atoms with Crippen LogP contribution in [0.15, 0.2) is 71.5 Å².